The lowest BCUT2D eigenvalue weighted by atomic mass is 10.1. The van der Waals surface area contributed by atoms with E-state index in [9.17, 15) is 18.8 Å². The highest BCUT2D eigenvalue weighted by Gasteiger charge is 2.35. The Balaban J connectivity index is 1.20. The first-order chi connectivity index (χ1) is 17.8. The number of fused-ring (bicyclic) bond motifs is 1. The maximum absolute atomic E-state index is 13.2. The predicted octanol–water partition coefficient (Wildman–Crippen LogP) is 2.57. The van der Waals surface area contributed by atoms with Gasteiger partial charge in [0.15, 0.2) is 5.65 Å². The van der Waals surface area contributed by atoms with E-state index in [-0.39, 0.29) is 42.7 Å². The molecule has 0 spiro atoms. The molecule has 1 unspecified atom stereocenters. The Morgan fingerprint density at radius 3 is 2.65 bits per heavy atom. The van der Waals surface area contributed by atoms with Gasteiger partial charge >= 0.3 is 0 Å². The van der Waals surface area contributed by atoms with Crippen molar-refractivity contribution < 1.29 is 14.0 Å². The second-order valence-corrected chi connectivity index (χ2v) is 9.37. The largest absolute Gasteiger partial charge is 0.354 e. The lowest BCUT2D eigenvalue weighted by Gasteiger charge is -2.18. The van der Waals surface area contributed by atoms with Crippen molar-refractivity contribution in [2.45, 2.75) is 33.4 Å². The van der Waals surface area contributed by atoms with Crippen molar-refractivity contribution in [3.63, 3.8) is 0 Å². The van der Waals surface area contributed by atoms with E-state index >= 15 is 0 Å². The molecule has 1 aliphatic heterocycles. The fourth-order valence-corrected chi connectivity index (χ4v) is 4.52. The Bertz CT molecular complexity index is 1540. The third-order valence-electron chi connectivity index (χ3n) is 6.81. The monoisotopic (exact) mass is 502 g/mol. The van der Waals surface area contributed by atoms with Crippen LogP contribution in [0.5, 0.6) is 0 Å². The van der Waals surface area contributed by atoms with E-state index in [1.165, 1.54) is 29.2 Å². The average molecular weight is 503 g/mol. The van der Waals surface area contributed by atoms with Gasteiger partial charge < -0.3 is 10.2 Å². The first-order valence-electron chi connectivity index (χ1n) is 12.1. The molecule has 5 rings (SSSR count). The van der Waals surface area contributed by atoms with Gasteiger partial charge in [0, 0.05) is 25.2 Å². The van der Waals surface area contributed by atoms with Crippen molar-refractivity contribution in [2.24, 2.45) is 5.92 Å². The van der Waals surface area contributed by atoms with E-state index in [1.54, 1.807) is 21.7 Å². The summed E-state index contributed by atoms with van der Waals surface area (Å²) in [6.45, 7) is 5.23. The van der Waals surface area contributed by atoms with Gasteiger partial charge in [-0.25, -0.2) is 14.1 Å². The highest BCUT2D eigenvalue weighted by Crippen LogP contribution is 2.27. The number of halogens is 1. The third-order valence-corrected chi connectivity index (χ3v) is 6.81. The quantitative estimate of drug-likeness (QED) is 0.419. The first-order valence-corrected chi connectivity index (χ1v) is 12.1. The molecule has 1 atom stereocenters. The van der Waals surface area contributed by atoms with Crippen LogP contribution in [0.15, 0.2) is 59.8 Å². The lowest BCUT2D eigenvalue weighted by molar-refractivity contribution is -0.126. The SMILES string of the molecule is Cc1ccc(N2CC(C(=O)NCCn3ncc4c(=O)n(Cc5ccc(F)cc5)cnc43)CC2=O)cc1C. The van der Waals surface area contributed by atoms with E-state index in [0.717, 1.165) is 22.4 Å². The van der Waals surface area contributed by atoms with Gasteiger partial charge in [0.2, 0.25) is 11.8 Å². The summed E-state index contributed by atoms with van der Waals surface area (Å²) in [5.41, 5.74) is 4.01. The van der Waals surface area contributed by atoms with Crippen molar-refractivity contribution in [1.82, 2.24) is 24.6 Å². The number of amides is 2. The number of carbonyl (C=O) groups is 2. The second kappa shape index (κ2) is 9.96. The van der Waals surface area contributed by atoms with E-state index in [1.807, 2.05) is 32.0 Å². The Morgan fingerprint density at radius 2 is 1.89 bits per heavy atom. The molecule has 0 bridgehead atoms. The van der Waals surface area contributed by atoms with Crippen LogP contribution in [0, 0.1) is 25.6 Å². The van der Waals surface area contributed by atoms with Crippen molar-refractivity contribution in [3.8, 4) is 0 Å². The number of carbonyl (C=O) groups excluding carboxylic acids is 2. The molecule has 2 aromatic carbocycles. The number of anilines is 1. The van der Waals surface area contributed by atoms with Crippen molar-refractivity contribution >= 4 is 28.5 Å². The Morgan fingerprint density at radius 1 is 1.11 bits per heavy atom. The summed E-state index contributed by atoms with van der Waals surface area (Å²) < 4.78 is 16.2. The molecule has 1 N–H and O–H groups in total. The van der Waals surface area contributed by atoms with Gasteiger partial charge in [-0.2, -0.15) is 5.10 Å². The number of aryl methyl sites for hydroxylation is 2. The van der Waals surface area contributed by atoms with E-state index in [0.29, 0.717) is 24.1 Å². The molecule has 10 heteroatoms. The first kappa shape index (κ1) is 24.4. The van der Waals surface area contributed by atoms with Crippen LogP contribution < -0.4 is 15.8 Å². The number of benzene rings is 2. The molecule has 1 saturated heterocycles. The summed E-state index contributed by atoms with van der Waals surface area (Å²) in [7, 11) is 0. The number of nitrogens with one attached hydrogen (secondary N) is 1. The highest BCUT2D eigenvalue weighted by atomic mass is 19.1. The van der Waals surface area contributed by atoms with Gasteiger partial charge in [-0.15, -0.1) is 0 Å². The van der Waals surface area contributed by atoms with Crippen LogP contribution in [0.4, 0.5) is 10.1 Å². The summed E-state index contributed by atoms with van der Waals surface area (Å²) in [6.07, 6.45) is 3.07. The highest BCUT2D eigenvalue weighted by molar-refractivity contribution is 6.00. The van der Waals surface area contributed by atoms with E-state index in [2.05, 4.69) is 15.4 Å². The second-order valence-electron chi connectivity index (χ2n) is 9.37. The number of hydrogen-bond donors (Lipinski definition) is 1. The van der Waals surface area contributed by atoms with Gasteiger partial charge in [0.25, 0.3) is 5.56 Å². The third kappa shape index (κ3) is 5.00. The summed E-state index contributed by atoms with van der Waals surface area (Å²) >= 11 is 0. The molecule has 37 heavy (non-hydrogen) atoms. The predicted molar refractivity (Wildman–Crippen MR) is 137 cm³/mol. The van der Waals surface area contributed by atoms with E-state index in [4.69, 9.17) is 0 Å². The molecular formula is C27H27FN6O3. The smallest absolute Gasteiger partial charge is 0.264 e. The number of rotatable bonds is 7. The molecule has 0 saturated carbocycles. The molecule has 4 aromatic rings. The maximum atomic E-state index is 13.2. The summed E-state index contributed by atoms with van der Waals surface area (Å²) in [6, 6.07) is 11.8. The summed E-state index contributed by atoms with van der Waals surface area (Å²) in [5.74, 6) is -1.02. The maximum Gasteiger partial charge on any atom is 0.264 e. The van der Waals surface area contributed by atoms with Crippen LogP contribution in [0.25, 0.3) is 11.0 Å². The van der Waals surface area contributed by atoms with Crippen LogP contribution >= 0.6 is 0 Å². The number of hydrogen-bond acceptors (Lipinski definition) is 5. The summed E-state index contributed by atoms with van der Waals surface area (Å²) in [4.78, 5) is 44.2. The topological polar surface area (TPSA) is 102 Å². The minimum Gasteiger partial charge on any atom is -0.354 e. The molecule has 1 fully saturated rings. The molecular weight excluding hydrogens is 475 g/mol. The van der Waals surface area contributed by atoms with Crippen LogP contribution in [-0.4, -0.2) is 44.2 Å². The normalized spacial score (nSPS) is 15.5. The Hall–Kier alpha value is -4.34. The zero-order valence-electron chi connectivity index (χ0n) is 20.6. The summed E-state index contributed by atoms with van der Waals surface area (Å²) in [5, 5.41) is 7.51. The fourth-order valence-electron chi connectivity index (χ4n) is 4.52. The molecule has 9 nitrogen and oxygen atoms in total. The minimum atomic E-state index is -0.430. The van der Waals surface area contributed by atoms with Crippen LogP contribution in [-0.2, 0) is 22.7 Å². The molecule has 3 heterocycles. The molecule has 0 radical (unpaired) electrons. The lowest BCUT2D eigenvalue weighted by Crippen LogP contribution is -2.35. The van der Waals surface area contributed by atoms with E-state index < -0.39 is 5.92 Å². The van der Waals surface area contributed by atoms with Gasteiger partial charge in [-0.1, -0.05) is 18.2 Å². The minimum absolute atomic E-state index is 0.0670. The standard InChI is InChI=1S/C27H27FN6O3/c1-17-3-8-22(11-18(17)2)33-15-20(12-24(33)35)26(36)29-9-10-34-25-23(13-31-34)27(37)32(16-30-25)14-19-4-6-21(28)7-5-19/h3-8,11,13,16,20H,9-10,12,14-15H2,1-2H3,(H,29,36). The van der Waals surface area contributed by atoms with Crippen LogP contribution in [0.1, 0.15) is 23.1 Å². The zero-order chi connectivity index (χ0) is 26.1. The zero-order valence-corrected chi connectivity index (χ0v) is 20.6. The number of aromatic nitrogens is 4. The van der Waals surface area contributed by atoms with Crippen LogP contribution in [0.3, 0.4) is 0 Å². The van der Waals surface area contributed by atoms with Crippen molar-refractivity contribution in [2.75, 3.05) is 18.0 Å². The Kier molecular flexibility index (Phi) is 6.56. The van der Waals surface area contributed by atoms with Gasteiger partial charge in [-0.05, 0) is 54.8 Å². The van der Waals surface area contributed by atoms with Crippen molar-refractivity contribution in [1.29, 1.82) is 0 Å². The molecule has 190 valence electrons. The molecule has 1 aliphatic rings. The molecule has 0 aliphatic carbocycles. The molecule has 2 aromatic heterocycles. The molecule has 2 amide bonds. The van der Waals surface area contributed by atoms with Crippen molar-refractivity contribution in [3.05, 3.63) is 87.9 Å². The van der Waals surface area contributed by atoms with Gasteiger partial charge in [0.1, 0.15) is 17.5 Å². The average Bonchev–Trinajstić information content (AvgIpc) is 3.48. The fraction of sp³-hybridized carbons (Fsp3) is 0.296. The van der Waals surface area contributed by atoms with Crippen LogP contribution in [0.2, 0.25) is 0 Å². The van der Waals surface area contributed by atoms with Gasteiger partial charge in [0.05, 0.1) is 25.2 Å². The Labute approximate surface area is 212 Å². The number of nitrogens with zero attached hydrogens (tertiary/aromatic N) is 5. The van der Waals surface area contributed by atoms with Gasteiger partial charge in [-0.3, -0.25) is 19.0 Å².